The monoisotopic (exact) mass is 211 g/mol. The lowest BCUT2D eigenvalue weighted by Gasteiger charge is -2.04. The van der Waals surface area contributed by atoms with Gasteiger partial charge in [0.1, 0.15) is 5.69 Å². The number of hydrogen-bond acceptors (Lipinski definition) is 2. The highest BCUT2D eigenvalue weighted by Crippen LogP contribution is 2.12. The van der Waals surface area contributed by atoms with E-state index in [1.54, 1.807) is 6.20 Å². The van der Waals surface area contributed by atoms with Crippen LogP contribution in [-0.2, 0) is 6.42 Å². The molecule has 0 atom stereocenters. The van der Waals surface area contributed by atoms with Crippen molar-refractivity contribution in [3.63, 3.8) is 0 Å². The highest BCUT2D eigenvalue weighted by atomic mass is 16.1. The van der Waals surface area contributed by atoms with Crippen molar-refractivity contribution in [2.24, 2.45) is 0 Å². The number of hydrogen-bond donors (Lipinski definition) is 0. The molecule has 2 nitrogen and oxygen atoms in total. The predicted molar refractivity (Wildman–Crippen MR) is 63.5 cm³/mol. The standard InChI is InChI=1S/C14H13NO/c1-2-11-9-6-10-15-13(11)14(16)12-7-4-3-5-8-12/h3-10H,2H2,1H3. The highest BCUT2D eigenvalue weighted by Gasteiger charge is 2.12. The van der Waals surface area contributed by atoms with Crippen molar-refractivity contribution in [2.45, 2.75) is 13.3 Å². The normalized spacial score (nSPS) is 10.1. The molecule has 2 heteroatoms. The van der Waals surface area contributed by atoms with Crippen molar-refractivity contribution < 1.29 is 4.79 Å². The Morgan fingerprint density at radius 3 is 2.56 bits per heavy atom. The van der Waals surface area contributed by atoms with Crippen molar-refractivity contribution in [3.8, 4) is 0 Å². The van der Waals surface area contributed by atoms with Crippen LogP contribution in [0.4, 0.5) is 0 Å². The van der Waals surface area contributed by atoms with Crippen LogP contribution in [0, 0.1) is 0 Å². The fraction of sp³-hybridized carbons (Fsp3) is 0.143. The maximum Gasteiger partial charge on any atom is 0.211 e. The molecular weight excluding hydrogens is 198 g/mol. The number of nitrogens with zero attached hydrogens (tertiary/aromatic N) is 1. The molecule has 1 aromatic heterocycles. The van der Waals surface area contributed by atoms with E-state index in [0.29, 0.717) is 11.3 Å². The third-order valence-electron chi connectivity index (χ3n) is 2.52. The van der Waals surface area contributed by atoms with Gasteiger partial charge in [-0.1, -0.05) is 43.3 Å². The number of benzene rings is 1. The van der Waals surface area contributed by atoms with Crippen LogP contribution in [0.3, 0.4) is 0 Å². The van der Waals surface area contributed by atoms with Gasteiger partial charge in [0, 0.05) is 11.8 Å². The van der Waals surface area contributed by atoms with Crippen LogP contribution in [-0.4, -0.2) is 10.8 Å². The summed E-state index contributed by atoms with van der Waals surface area (Å²) in [5.74, 6) is -0.00181. The van der Waals surface area contributed by atoms with E-state index in [4.69, 9.17) is 0 Å². The third-order valence-corrected chi connectivity index (χ3v) is 2.52. The molecule has 2 aromatic rings. The van der Waals surface area contributed by atoms with E-state index < -0.39 is 0 Å². The smallest absolute Gasteiger partial charge is 0.211 e. The summed E-state index contributed by atoms with van der Waals surface area (Å²) in [4.78, 5) is 16.3. The molecule has 1 aromatic carbocycles. The first-order valence-electron chi connectivity index (χ1n) is 5.36. The second-order valence-corrected chi connectivity index (χ2v) is 3.56. The number of aryl methyl sites for hydroxylation is 1. The van der Waals surface area contributed by atoms with E-state index >= 15 is 0 Å². The molecule has 0 radical (unpaired) electrons. The van der Waals surface area contributed by atoms with E-state index in [2.05, 4.69) is 4.98 Å². The molecule has 2 rings (SSSR count). The van der Waals surface area contributed by atoms with Gasteiger partial charge in [0.05, 0.1) is 0 Å². The average Bonchev–Trinajstić information content (AvgIpc) is 2.39. The van der Waals surface area contributed by atoms with Crippen LogP contribution in [0.2, 0.25) is 0 Å². The second kappa shape index (κ2) is 4.71. The Morgan fingerprint density at radius 1 is 1.12 bits per heavy atom. The van der Waals surface area contributed by atoms with Gasteiger partial charge in [-0.3, -0.25) is 9.78 Å². The molecule has 80 valence electrons. The summed E-state index contributed by atoms with van der Waals surface area (Å²) < 4.78 is 0. The Balaban J connectivity index is 2.42. The first-order valence-corrected chi connectivity index (χ1v) is 5.36. The van der Waals surface area contributed by atoms with Gasteiger partial charge in [-0.25, -0.2) is 0 Å². The van der Waals surface area contributed by atoms with E-state index in [9.17, 15) is 4.79 Å². The molecule has 0 saturated carbocycles. The molecule has 0 amide bonds. The van der Waals surface area contributed by atoms with Gasteiger partial charge < -0.3 is 0 Å². The molecule has 0 bridgehead atoms. The van der Waals surface area contributed by atoms with Crippen LogP contribution in [0.1, 0.15) is 28.5 Å². The average molecular weight is 211 g/mol. The fourth-order valence-electron chi connectivity index (χ4n) is 1.65. The van der Waals surface area contributed by atoms with Crippen molar-refractivity contribution >= 4 is 5.78 Å². The van der Waals surface area contributed by atoms with Gasteiger partial charge >= 0.3 is 0 Å². The molecule has 0 aliphatic heterocycles. The summed E-state index contributed by atoms with van der Waals surface area (Å²) >= 11 is 0. The zero-order valence-corrected chi connectivity index (χ0v) is 9.18. The van der Waals surface area contributed by atoms with Crippen molar-refractivity contribution in [1.82, 2.24) is 4.98 Å². The molecule has 0 N–H and O–H groups in total. The van der Waals surface area contributed by atoms with Gasteiger partial charge in [-0.05, 0) is 18.1 Å². The van der Waals surface area contributed by atoms with Crippen LogP contribution in [0.25, 0.3) is 0 Å². The Bertz CT molecular complexity index is 491. The Labute approximate surface area is 95.0 Å². The Morgan fingerprint density at radius 2 is 1.88 bits per heavy atom. The first kappa shape index (κ1) is 10.6. The topological polar surface area (TPSA) is 30.0 Å². The van der Waals surface area contributed by atoms with Gasteiger partial charge in [0.25, 0.3) is 0 Å². The van der Waals surface area contributed by atoms with E-state index in [1.807, 2.05) is 49.4 Å². The van der Waals surface area contributed by atoms with Crippen LogP contribution in [0.5, 0.6) is 0 Å². The number of pyridine rings is 1. The van der Waals surface area contributed by atoms with Gasteiger partial charge in [-0.15, -0.1) is 0 Å². The first-order chi connectivity index (χ1) is 7.83. The molecule has 0 unspecified atom stereocenters. The lowest BCUT2D eigenvalue weighted by atomic mass is 10.0. The quantitative estimate of drug-likeness (QED) is 0.731. The zero-order valence-electron chi connectivity index (χ0n) is 9.18. The summed E-state index contributed by atoms with van der Waals surface area (Å²) in [7, 11) is 0. The summed E-state index contributed by atoms with van der Waals surface area (Å²) in [5.41, 5.74) is 2.25. The molecule has 0 spiro atoms. The van der Waals surface area contributed by atoms with Gasteiger partial charge in [0.2, 0.25) is 5.78 Å². The van der Waals surface area contributed by atoms with Crippen LogP contribution >= 0.6 is 0 Å². The van der Waals surface area contributed by atoms with Crippen molar-refractivity contribution in [1.29, 1.82) is 0 Å². The maximum atomic E-state index is 12.2. The number of rotatable bonds is 3. The maximum absolute atomic E-state index is 12.2. The van der Waals surface area contributed by atoms with E-state index in [1.165, 1.54) is 0 Å². The minimum atomic E-state index is -0.00181. The summed E-state index contributed by atoms with van der Waals surface area (Å²) in [5, 5.41) is 0. The number of carbonyl (C=O) groups excluding carboxylic acids is 1. The number of aromatic nitrogens is 1. The minimum Gasteiger partial charge on any atom is -0.287 e. The lowest BCUT2D eigenvalue weighted by Crippen LogP contribution is -2.07. The Kier molecular flexibility index (Phi) is 3.10. The summed E-state index contributed by atoms with van der Waals surface area (Å²) in [6.45, 7) is 2.03. The Hall–Kier alpha value is -1.96. The number of carbonyl (C=O) groups is 1. The highest BCUT2D eigenvalue weighted by molar-refractivity contribution is 6.08. The molecule has 0 aliphatic carbocycles. The third kappa shape index (κ3) is 2.01. The molecule has 16 heavy (non-hydrogen) atoms. The summed E-state index contributed by atoms with van der Waals surface area (Å²) in [6, 6.07) is 13.1. The largest absolute Gasteiger partial charge is 0.287 e. The number of ketones is 1. The van der Waals surface area contributed by atoms with E-state index in [-0.39, 0.29) is 5.78 Å². The lowest BCUT2D eigenvalue weighted by molar-refractivity contribution is 0.103. The predicted octanol–water partition coefficient (Wildman–Crippen LogP) is 2.88. The van der Waals surface area contributed by atoms with Gasteiger partial charge in [0.15, 0.2) is 0 Å². The van der Waals surface area contributed by atoms with Gasteiger partial charge in [-0.2, -0.15) is 0 Å². The van der Waals surface area contributed by atoms with Crippen molar-refractivity contribution in [3.05, 3.63) is 65.5 Å². The zero-order chi connectivity index (χ0) is 11.4. The second-order valence-electron chi connectivity index (χ2n) is 3.56. The summed E-state index contributed by atoms with van der Waals surface area (Å²) in [6.07, 6.45) is 2.48. The SMILES string of the molecule is CCc1cccnc1C(=O)c1ccccc1. The van der Waals surface area contributed by atoms with Crippen molar-refractivity contribution in [2.75, 3.05) is 0 Å². The molecule has 1 heterocycles. The van der Waals surface area contributed by atoms with Crippen LogP contribution < -0.4 is 0 Å². The van der Waals surface area contributed by atoms with E-state index in [0.717, 1.165) is 12.0 Å². The minimum absolute atomic E-state index is 0.00181. The molecular formula is C14H13NO. The molecule has 0 saturated heterocycles. The molecule has 0 aliphatic rings. The van der Waals surface area contributed by atoms with Crippen LogP contribution in [0.15, 0.2) is 48.7 Å². The molecule has 0 fully saturated rings. The fourth-order valence-corrected chi connectivity index (χ4v) is 1.65.